The Balaban J connectivity index is 0.000000842. The van der Waals surface area contributed by atoms with E-state index in [1.54, 1.807) is 27.7 Å². The molecule has 0 atom stereocenters. The molecule has 17 heteroatoms. The van der Waals surface area contributed by atoms with E-state index in [1.807, 2.05) is 0 Å². The summed E-state index contributed by atoms with van der Waals surface area (Å²) in [7, 11) is -9.64. The minimum atomic E-state index is -4.82. The van der Waals surface area contributed by atoms with Gasteiger partial charge in [-0.05, 0) is 62.1 Å². The first-order valence-electron chi connectivity index (χ1n) is 13.5. The molecule has 0 aliphatic rings. The molecule has 45 heavy (non-hydrogen) atoms. The van der Waals surface area contributed by atoms with Crippen molar-refractivity contribution in [2.75, 3.05) is 26.4 Å². The summed E-state index contributed by atoms with van der Waals surface area (Å²) in [6, 6.07) is 5.83. The number of ether oxygens (including phenoxy) is 4. The first-order valence-corrected chi connectivity index (χ1v) is 16.3. The zero-order chi connectivity index (χ0) is 33.5. The van der Waals surface area contributed by atoms with Gasteiger partial charge in [-0.2, -0.15) is 0 Å². The number of carbonyl (C=O) groups excluding carboxylic acids is 4. The van der Waals surface area contributed by atoms with E-state index >= 15 is 0 Å². The summed E-state index contributed by atoms with van der Waals surface area (Å²) in [5.41, 5.74) is -0.745. The number of rotatable bonds is 14. The van der Waals surface area contributed by atoms with Crippen LogP contribution in [0.5, 0.6) is 0 Å². The van der Waals surface area contributed by atoms with Crippen molar-refractivity contribution in [1.82, 2.24) is 0 Å². The number of hydrogen-bond acceptors (Lipinski definition) is 14. The minimum absolute atomic E-state index is 0. The second-order valence-electron chi connectivity index (χ2n) is 8.94. The van der Waals surface area contributed by atoms with Gasteiger partial charge in [0.15, 0.2) is 0 Å². The molecule has 0 saturated heterocycles. The molecule has 14 nitrogen and oxygen atoms in total. The van der Waals surface area contributed by atoms with E-state index in [2.05, 4.69) is 0 Å². The molecule has 244 valence electrons. The maximum absolute atomic E-state index is 11.8. The fraction of sp³-hybridized carbons (Fsp3) is 0.429. The second kappa shape index (κ2) is 20.5. The van der Waals surface area contributed by atoms with Gasteiger partial charge in [0.2, 0.25) is 0 Å². The van der Waals surface area contributed by atoms with Gasteiger partial charge in [0.1, 0.15) is 20.2 Å². The van der Waals surface area contributed by atoms with Crippen LogP contribution in [0.1, 0.15) is 94.8 Å². The van der Waals surface area contributed by atoms with E-state index in [0.29, 0.717) is 25.7 Å². The largest absolute Gasteiger partial charge is 2.00 e. The molecule has 0 aromatic heterocycles. The Kier molecular flexibility index (Phi) is 19.3. The first-order chi connectivity index (χ1) is 20.6. The van der Waals surface area contributed by atoms with Crippen LogP contribution in [-0.2, 0) is 39.2 Å². The van der Waals surface area contributed by atoms with Gasteiger partial charge in [-0.3, -0.25) is 0 Å². The van der Waals surface area contributed by atoms with Gasteiger partial charge in [0.05, 0.1) is 58.5 Å². The summed E-state index contributed by atoms with van der Waals surface area (Å²) in [6.45, 7) is 7.73. The topological polar surface area (TPSA) is 220 Å². The predicted molar refractivity (Wildman–Crippen MR) is 157 cm³/mol. The summed E-state index contributed by atoms with van der Waals surface area (Å²) >= 11 is 0. The van der Waals surface area contributed by atoms with Crippen LogP contribution in [0, 0.1) is 0 Å². The molecule has 0 amide bonds. The Labute approximate surface area is 292 Å². The molecule has 0 fully saturated rings. The predicted octanol–water partition coefficient (Wildman–Crippen LogP) is 3.07. The van der Waals surface area contributed by atoms with Crippen LogP contribution >= 0.6 is 0 Å². The van der Waals surface area contributed by atoms with Crippen LogP contribution in [0.25, 0.3) is 0 Å². The van der Waals surface area contributed by atoms with E-state index in [1.165, 1.54) is 0 Å². The van der Waals surface area contributed by atoms with Crippen molar-refractivity contribution >= 4 is 81.9 Å². The van der Waals surface area contributed by atoms with Crippen LogP contribution in [0.15, 0.2) is 46.2 Å². The van der Waals surface area contributed by atoms with Gasteiger partial charge < -0.3 is 28.1 Å². The van der Waals surface area contributed by atoms with Crippen molar-refractivity contribution in [3.05, 3.63) is 58.7 Å². The van der Waals surface area contributed by atoms with Crippen molar-refractivity contribution in [2.24, 2.45) is 0 Å². The number of esters is 4. The summed E-state index contributed by atoms with van der Waals surface area (Å²) in [6.07, 6.45) is 2.32. The van der Waals surface area contributed by atoms with Crippen LogP contribution in [0.2, 0.25) is 0 Å². The Hall–Kier alpha value is -2.60. The molecule has 2 aromatic carbocycles. The molecule has 0 heterocycles. The summed E-state index contributed by atoms with van der Waals surface area (Å²) in [4.78, 5) is 45.8. The van der Waals surface area contributed by atoms with Gasteiger partial charge in [-0.15, -0.1) is 0 Å². The Morgan fingerprint density at radius 2 is 0.689 bits per heavy atom. The van der Waals surface area contributed by atoms with Crippen LogP contribution in [0.3, 0.4) is 0 Å². The summed E-state index contributed by atoms with van der Waals surface area (Å²) in [5.74, 6) is -3.23. The fourth-order valence-electron chi connectivity index (χ4n) is 3.07. The van der Waals surface area contributed by atoms with Crippen molar-refractivity contribution in [1.29, 1.82) is 0 Å². The average molecular weight is 699 g/mol. The normalized spacial score (nSPS) is 10.8. The zero-order valence-electron chi connectivity index (χ0n) is 25.4. The summed E-state index contributed by atoms with van der Waals surface area (Å²) in [5, 5.41) is 0. The quantitative estimate of drug-likeness (QED) is 0.120. The van der Waals surface area contributed by atoms with Gasteiger partial charge in [0.25, 0.3) is 0 Å². The smallest absolute Gasteiger partial charge is 0.744 e. The van der Waals surface area contributed by atoms with E-state index in [4.69, 9.17) is 18.9 Å². The molecule has 0 aliphatic heterocycles. The monoisotopic (exact) mass is 698 g/mol. The van der Waals surface area contributed by atoms with E-state index in [-0.39, 0.29) is 86.4 Å². The minimum Gasteiger partial charge on any atom is -0.744 e. The third kappa shape index (κ3) is 15.0. The molecule has 2 aromatic rings. The Bertz CT molecular complexity index is 1340. The molecule has 0 bridgehead atoms. The molecule has 0 unspecified atom stereocenters. The van der Waals surface area contributed by atoms with Crippen molar-refractivity contribution in [3.63, 3.8) is 0 Å². The maximum atomic E-state index is 11.8. The molecule has 2 rings (SSSR count). The first kappa shape index (κ1) is 42.4. The standard InChI is InChI=1S/2C14H18O7S.Ca/c2*1-3-5-20-13(15)10-7-11(14(16)21-6-4-2)9-12(8-10)22(17,18)19;/h2*7-9H,3-6H2,1-2H3,(H,17,18,19);/q;;+2/p-2. The van der Waals surface area contributed by atoms with Crippen molar-refractivity contribution < 1.29 is 64.1 Å². The molecular weight excluding hydrogens is 665 g/mol. The van der Waals surface area contributed by atoms with Crippen LogP contribution in [0.4, 0.5) is 0 Å². The van der Waals surface area contributed by atoms with Gasteiger partial charge in [0, 0.05) is 0 Å². The van der Waals surface area contributed by atoms with Gasteiger partial charge in [-0.1, -0.05) is 27.7 Å². The number of hydrogen-bond donors (Lipinski definition) is 0. The van der Waals surface area contributed by atoms with E-state index < -0.39 is 53.9 Å². The number of carbonyl (C=O) groups is 4. The van der Waals surface area contributed by atoms with E-state index in [0.717, 1.165) is 36.4 Å². The SMILES string of the molecule is CCCOC(=O)c1cc(C(=O)OCCC)cc(S(=O)(=O)[O-])c1.CCCOC(=O)c1cc(C(=O)OCCC)cc(S(=O)(=O)[O-])c1.[Ca+2]. The average Bonchev–Trinajstić information content (AvgIpc) is 2.98. The third-order valence-corrected chi connectivity index (χ3v) is 6.71. The maximum Gasteiger partial charge on any atom is 2.00 e. The molecular formula is C28H34CaO14S2. The summed E-state index contributed by atoms with van der Waals surface area (Å²) < 4.78 is 86.4. The Morgan fingerprint density at radius 3 is 0.844 bits per heavy atom. The Morgan fingerprint density at radius 1 is 0.489 bits per heavy atom. The molecule has 0 aliphatic carbocycles. The van der Waals surface area contributed by atoms with Gasteiger partial charge >= 0.3 is 61.6 Å². The third-order valence-electron chi connectivity index (χ3n) is 5.08. The molecule has 0 saturated carbocycles. The number of benzene rings is 2. The zero-order valence-corrected chi connectivity index (χ0v) is 29.2. The molecule has 0 radical (unpaired) electrons. The van der Waals surface area contributed by atoms with Gasteiger partial charge in [-0.25, -0.2) is 36.0 Å². The fourth-order valence-corrected chi connectivity index (χ4v) is 4.16. The second-order valence-corrected chi connectivity index (χ2v) is 11.7. The van der Waals surface area contributed by atoms with Crippen molar-refractivity contribution in [2.45, 2.75) is 63.2 Å². The van der Waals surface area contributed by atoms with Crippen LogP contribution in [-0.4, -0.2) is 114 Å². The van der Waals surface area contributed by atoms with Crippen molar-refractivity contribution in [3.8, 4) is 0 Å². The van der Waals surface area contributed by atoms with Crippen LogP contribution < -0.4 is 0 Å². The molecule has 0 spiro atoms. The van der Waals surface area contributed by atoms with E-state index in [9.17, 15) is 45.1 Å². The molecule has 0 N–H and O–H groups in total.